The lowest BCUT2D eigenvalue weighted by molar-refractivity contribution is -0.143. The van der Waals surface area contributed by atoms with Crippen LogP contribution < -0.4 is 0 Å². The van der Waals surface area contributed by atoms with Crippen LogP contribution in [0.15, 0.2) is 24.3 Å². The second kappa shape index (κ2) is 4.74. The molecule has 2 unspecified atom stereocenters. The van der Waals surface area contributed by atoms with Gasteiger partial charge in [-0.15, -0.1) is 11.6 Å². The molecule has 0 saturated carbocycles. The Labute approximate surface area is 109 Å². The first kappa shape index (κ1) is 13.7. The molecule has 1 fully saturated rings. The van der Waals surface area contributed by atoms with E-state index >= 15 is 0 Å². The second-order valence-corrected chi connectivity index (χ2v) is 5.33. The summed E-state index contributed by atoms with van der Waals surface area (Å²) in [4.78, 5) is 0. The van der Waals surface area contributed by atoms with Crippen LogP contribution in [0.5, 0.6) is 0 Å². The number of rotatable bonds is 1. The van der Waals surface area contributed by atoms with Crippen LogP contribution >= 0.6 is 11.6 Å². The van der Waals surface area contributed by atoms with Crippen molar-refractivity contribution in [2.75, 3.05) is 6.61 Å². The van der Waals surface area contributed by atoms with E-state index in [9.17, 15) is 13.2 Å². The fourth-order valence-corrected chi connectivity index (χ4v) is 2.76. The van der Waals surface area contributed by atoms with E-state index in [2.05, 4.69) is 0 Å². The maximum absolute atomic E-state index is 13.0. The quantitative estimate of drug-likeness (QED) is 0.695. The van der Waals surface area contributed by atoms with Gasteiger partial charge in [0.15, 0.2) is 0 Å². The minimum absolute atomic E-state index is 0.148. The van der Waals surface area contributed by atoms with E-state index in [0.717, 1.165) is 6.07 Å². The van der Waals surface area contributed by atoms with Crippen LogP contribution in [0.1, 0.15) is 30.9 Å². The van der Waals surface area contributed by atoms with Crippen molar-refractivity contribution in [1.82, 2.24) is 0 Å². The first-order valence-corrected chi connectivity index (χ1v) is 6.21. The Kier molecular flexibility index (Phi) is 3.60. The van der Waals surface area contributed by atoms with E-state index < -0.39 is 17.3 Å². The molecule has 0 radical (unpaired) electrons. The van der Waals surface area contributed by atoms with Gasteiger partial charge in [-0.2, -0.15) is 13.2 Å². The summed E-state index contributed by atoms with van der Waals surface area (Å²) in [5.74, 6) is 0. The molecule has 1 aliphatic rings. The van der Waals surface area contributed by atoms with Gasteiger partial charge in [0.2, 0.25) is 0 Å². The third-order valence-electron chi connectivity index (χ3n) is 3.26. The lowest BCUT2D eigenvalue weighted by atomic mass is 9.85. The average molecular weight is 279 g/mol. The minimum atomic E-state index is -4.37. The summed E-state index contributed by atoms with van der Waals surface area (Å²) in [5, 5.41) is -0.148. The molecule has 0 N–H and O–H groups in total. The molecule has 5 heteroatoms. The Hall–Kier alpha value is -0.740. The highest BCUT2D eigenvalue weighted by Gasteiger charge is 2.42. The molecule has 0 aliphatic carbocycles. The Morgan fingerprint density at radius 2 is 2.00 bits per heavy atom. The number of benzene rings is 1. The molecule has 0 aromatic heterocycles. The van der Waals surface area contributed by atoms with Gasteiger partial charge >= 0.3 is 6.18 Å². The summed E-state index contributed by atoms with van der Waals surface area (Å²) in [6.45, 7) is 2.06. The third-order valence-corrected chi connectivity index (χ3v) is 3.64. The highest BCUT2D eigenvalue weighted by atomic mass is 35.5. The van der Waals surface area contributed by atoms with E-state index in [-0.39, 0.29) is 10.9 Å². The van der Waals surface area contributed by atoms with Crippen LogP contribution in [0.4, 0.5) is 13.2 Å². The summed E-state index contributed by atoms with van der Waals surface area (Å²) in [5.41, 5.74) is -1.43. The highest BCUT2D eigenvalue weighted by molar-refractivity contribution is 6.20. The number of hydrogen-bond acceptors (Lipinski definition) is 1. The van der Waals surface area contributed by atoms with Crippen molar-refractivity contribution in [2.45, 2.75) is 36.9 Å². The summed E-state index contributed by atoms with van der Waals surface area (Å²) in [6, 6.07) is 5.53. The Morgan fingerprint density at radius 1 is 1.33 bits per heavy atom. The Balaban J connectivity index is 2.44. The molecule has 2 rings (SSSR count). The van der Waals surface area contributed by atoms with Gasteiger partial charge < -0.3 is 4.74 Å². The van der Waals surface area contributed by atoms with Crippen molar-refractivity contribution in [3.63, 3.8) is 0 Å². The molecule has 18 heavy (non-hydrogen) atoms. The predicted molar refractivity (Wildman–Crippen MR) is 63.6 cm³/mol. The molecule has 0 spiro atoms. The van der Waals surface area contributed by atoms with Crippen LogP contribution in [0, 0.1) is 0 Å². The minimum Gasteiger partial charge on any atom is -0.370 e. The van der Waals surface area contributed by atoms with Crippen LogP contribution in [0.25, 0.3) is 0 Å². The van der Waals surface area contributed by atoms with Crippen LogP contribution in [0.3, 0.4) is 0 Å². The zero-order valence-electron chi connectivity index (χ0n) is 9.93. The molecule has 1 aromatic rings. The highest BCUT2D eigenvalue weighted by Crippen LogP contribution is 2.42. The molecule has 0 bridgehead atoms. The maximum Gasteiger partial charge on any atom is 0.416 e. The van der Waals surface area contributed by atoms with E-state index in [0.29, 0.717) is 19.4 Å². The van der Waals surface area contributed by atoms with Gasteiger partial charge in [-0.1, -0.05) is 18.2 Å². The van der Waals surface area contributed by atoms with E-state index in [1.807, 2.05) is 0 Å². The van der Waals surface area contributed by atoms with E-state index in [4.69, 9.17) is 16.3 Å². The van der Waals surface area contributed by atoms with Crippen molar-refractivity contribution in [3.05, 3.63) is 35.4 Å². The molecule has 1 heterocycles. The van der Waals surface area contributed by atoms with Crippen molar-refractivity contribution >= 4 is 11.6 Å². The van der Waals surface area contributed by atoms with Crippen molar-refractivity contribution in [3.8, 4) is 0 Å². The lowest BCUT2D eigenvalue weighted by Gasteiger charge is -2.38. The maximum atomic E-state index is 13.0. The normalized spacial score (nSPS) is 29.3. The van der Waals surface area contributed by atoms with Crippen LogP contribution in [-0.2, 0) is 16.5 Å². The largest absolute Gasteiger partial charge is 0.416 e. The lowest BCUT2D eigenvalue weighted by Crippen LogP contribution is -2.36. The monoisotopic (exact) mass is 278 g/mol. The van der Waals surface area contributed by atoms with Crippen molar-refractivity contribution in [1.29, 1.82) is 0 Å². The number of hydrogen-bond donors (Lipinski definition) is 0. The molecular weight excluding hydrogens is 265 g/mol. The van der Waals surface area contributed by atoms with Gasteiger partial charge in [0.05, 0.1) is 11.2 Å². The Bertz CT molecular complexity index is 432. The predicted octanol–water partition coefficient (Wildman–Crippen LogP) is 4.34. The first-order valence-electron chi connectivity index (χ1n) is 5.78. The molecule has 100 valence electrons. The molecule has 1 aliphatic heterocycles. The zero-order valence-corrected chi connectivity index (χ0v) is 10.7. The van der Waals surface area contributed by atoms with Gasteiger partial charge in [0.25, 0.3) is 0 Å². The summed E-state index contributed by atoms with van der Waals surface area (Å²) in [6.07, 6.45) is -3.31. The van der Waals surface area contributed by atoms with Crippen molar-refractivity contribution in [2.24, 2.45) is 0 Å². The van der Waals surface area contributed by atoms with Crippen LogP contribution in [0.2, 0.25) is 0 Å². The van der Waals surface area contributed by atoms with E-state index in [1.54, 1.807) is 13.0 Å². The summed E-state index contributed by atoms with van der Waals surface area (Å²) in [7, 11) is 0. The molecule has 1 aromatic carbocycles. The first-order chi connectivity index (χ1) is 8.33. The van der Waals surface area contributed by atoms with Crippen LogP contribution in [-0.4, -0.2) is 12.0 Å². The zero-order chi connectivity index (χ0) is 13.4. The smallest absolute Gasteiger partial charge is 0.370 e. The van der Waals surface area contributed by atoms with Gasteiger partial charge in [0, 0.05) is 12.0 Å². The SMILES string of the molecule is CC1(c2ccccc2C(F)(F)F)CC(Cl)CCO1. The summed E-state index contributed by atoms with van der Waals surface area (Å²) >= 11 is 6.06. The number of ether oxygens (including phenoxy) is 1. The molecular formula is C13H14ClF3O. The number of alkyl halides is 4. The fraction of sp³-hybridized carbons (Fsp3) is 0.538. The summed E-state index contributed by atoms with van der Waals surface area (Å²) < 4.78 is 44.5. The fourth-order valence-electron chi connectivity index (χ4n) is 2.37. The molecule has 1 nitrogen and oxygen atoms in total. The molecule has 0 amide bonds. The van der Waals surface area contributed by atoms with Gasteiger partial charge in [-0.05, 0) is 31.4 Å². The molecule has 2 atom stereocenters. The van der Waals surface area contributed by atoms with Gasteiger partial charge in [0.1, 0.15) is 0 Å². The standard InChI is InChI=1S/C13H14ClF3O/c1-12(8-9(14)6-7-18-12)10-4-2-3-5-11(10)13(15,16)17/h2-5,9H,6-8H2,1H3. The average Bonchev–Trinajstić information content (AvgIpc) is 2.27. The van der Waals surface area contributed by atoms with Gasteiger partial charge in [-0.3, -0.25) is 0 Å². The third kappa shape index (κ3) is 2.64. The topological polar surface area (TPSA) is 9.23 Å². The molecule has 1 saturated heterocycles. The Morgan fingerprint density at radius 3 is 2.61 bits per heavy atom. The second-order valence-electron chi connectivity index (χ2n) is 4.71. The number of halogens is 4. The van der Waals surface area contributed by atoms with Gasteiger partial charge in [-0.25, -0.2) is 0 Å². The van der Waals surface area contributed by atoms with E-state index in [1.165, 1.54) is 12.1 Å². The van der Waals surface area contributed by atoms with Crippen molar-refractivity contribution < 1.29 is 17.9 Å².